The fourth-order valence-electron chi connectivity index (χ4n) is 2.21. The molecule has 5 nitrogen and oxygen atoms in total. The summed E-state index contributed by atoms with van der Waals surface area (Å²) in [7, 11) is 2.61. The Labute approximate surface area is 120 Å². The number of hydrogen-bond donors (Lipinski definition) is 1. The van der Waals surface area contributed by atoms with Crippen LogP contribution in [0.3, 0.4) is 0 Å². The van der Waals surface area contributed by atoms with Gasteiger partial charge in [0.1, 0.15) is 11.6 Å². The van der Waals surface area contributed by atoms with E-state index >= 15 is 0 Å². The van der Waals surface area contributed by atoms with Gasteiger partial charge in [-0.15, -0.1) is 0 Å². The average Bonchev–Trinajstić information content (AvgIpc) is 2.44. The summed E-state index contributed by atoms with van der Waals surface area (Å²) in [6.07, 6.45) is 0. The molecule has 1 heterocycles. The third kappa shape index (κ3) is 2.46. The Bertz CT molecular complexity index is 623. The maximum atomic E-state index is 13.9. The second kappa shape index (κ2) is 5.51. The maximum Gasteiger partial charge on any atom is 0.337 e. The van der Waals surface area contributed by atoms with E-state index in [1.165, 1.54) is 24.9 Å². The van der Waals surface area contributed by atoms with E-state index in [2.05, 4.69) is 10.1 Å². The van der Waals surface area contributed by atoms with Crippen LogP contribution in [0.4, 0.5) is 13.6 Å². The molecular weight excluding hydrogens is 282 g/mol. The van der Waals surface area contributed by atoms with Gasteiger partial charge in [-0.05, 0) is 19.1 Å². The first kappa shape index (κ1) is 15.0. The van der Waals surface area contributed by atoms with E-state index in [1.54, 1.807) is 0 Å². The van der Waals surface area contributed by atoms with E-state index in [9.17, 15) is 18.4 Å². The van der Waals surface area contributed by atoms with E-state index in [0.29, 0.717) is 0 Å². The first-order valence-electron chi connectivity index (χ1n) is 6.15. The van der Waals surface area contributed by atoms with Crippen molar-refractivity contribution in [2.45, 2.75) is 13.0 Å². The molecule has 1 aromatic rings. The second-order valence-electron chi connectivity index (χ2n) is 4.57. The third-order valence-corrected chi connectivity index (χ3v) is 3.45. The van der Waals surface area contributed by atoms with Gasteiger partial charge in [-0.25, -0.2) is 18.4 Å². The number of methoxy groups -OCH3 is 1. The molecule has 2 amide bonds. The Morgan fingerprint density at radius 3 is 2.43 bits per heavy atom. The lowest BCUT2D eigenvalue weighted by atomic mass is 9.94. The van der Waals surface area contributed by atoms with Gasteiger partial charge in [-0.2, -0.15) is 0 Å². The SMILES string of the molecule is COC(=O)C1=C(C)N(C)C(=O)N[C@H]1c1c(F)cccc1F. The van der Waals surface area contributed by atoms with E-state index in [-0.39, 0.29) is 11.3 Å². The van der Waals surface area contributed by atoms with Crippen molar-refractivity contribution < 1.29 is 23.1 Å². The minimum Gasteiger partial charge on any atom is -0.466 e. The molecule has 1 aliphatic heterocycles. The molecular formula is C14H14F2N2O3. The normalized spacial score (nSPS) is 18.6. The number of halogens is 2. The van der Waals surface area contributed by atoms with Crippen LogP contribution in [0.2, 0.25) is 0 Å². The molecule has 112 valence electrons. The van der Waals surface area contributed by atoms with Crippen molar-refractivity contribution >= 4 is 12.0 Å². The smallest absolute Gasteiger partial charge is 0.337 e. The van der Waals surface area contributed by atoms with E-state index in [4.69, 9.17) is 0 Å². The number of ether oxygens (including phenoxy) is 1. The topological polar surface area (TPSA) is 58.6 Å². The van der Waals surface area contributed by atoms with Gasteiger partial charge in [0.15, 0.2) is 0 Å². The number of nitrogens with zero attached hydrogens (tertiary/aromatic N) is 1. The van der Waals surface area contributed by atoms with Gasteiger partial charge in [-0.3, -0.25) is 0 Å². The van der Waals surface area contributed by atoms with Crippen molar-refractivity contribution in [3.05, 3.63) is 46.7 Å². The van der Waals surface area contributed by atoms with Crippen molar-refractivity contribution in [3.63, 3.8) is 0 Å². The Balaban J connectivity index is 2.65. The highest BCUT2D eigenvalue weighted by molar-refractivity contribution is 5.94. The van der Waals surface area contributed by atoms with Gasteiger partial charge in [0.05, 0.1) is 24.3 Å². The van der Waals surface area contributed by atoms with Gasteiger partial charge in [0, 0.05) is 12.7 Å². The van der Waals surface area contributed by atoms with Gasteiger partial charge < -0.3 is 15.0 Å². The number of urea groups is 1. The van der Waals surface area contributed by atoms with Crippen LogP contribution < -0.4 is 5.32 Å². The van der Waals surface area contributed by atoms with E-state index < -0.39 is 35.2 Å². The van der Waals surface area contributed by atoms with Crippen molar-refractivity contribution in [3.8, 4) is 0 Å². The molecule has 0 spiro atoms. The Morgan fingerprint density at radius 2 is 1.90 bits per heavy atom. The summed E-state index contributed by atoms with van der Waals surface area (Å²) in [5.41, 5.74) is -0.124. The molecule has 2 rings (SSSR count). The van der Waals surface area contributed by atoms with Crippen LogP contribution in [0.15, 0.2) is 29.5 Å². The average molecular weight is 296 g/mol. The number of rotatable bonds is 2. The molecule has 0 radical (unpaired) electrons. The van der Waals surface area contributed by atoms with Crippen LogP contribution in [0, 0.1) is 11.6 Å². The zero-order valence-corrected chi connectivity index (χ0v) is 11.7. The Hall–Kier alpha value is -2.44. The van der Waals surface area contributed by atoms with Crippen LogP contribution >= 0.6 is 0 Å². The summed E-state index contributed by atoms with van der Waals surface area (Å²) in [5, 5.41) is 2.41. The van der Waals surface area contributed by atoms with Crippen molar-refractivity contribution in [2.24, 2.45) is 0 Å². The van der Waals surface area contributed by atoms with Gasteiger partial charge in [-0.1, -0.05) is 6.07 Å². The number of allylic oxidation sites excluding steroid dienone is 1. The largest absolute Gasteiger partial charge is 0.466 e. The molecule has 0 unspecified atom stereocenters. The quantitative estimate of drug-likeness (QED) is 0.850. The molecule has 21 heavy (non-hydrogen) atoms. The lowest BCUT2D eigenvalue weighted by molar-refractivity contribution is -0.136. The van der Waals surface area contributed by atoms with Crippen molar-refractivity contribution in [1.82, 2.24) is 10.2 Å². The van der Waals surface area contributed by atoms with Crippen LogP contribution in [0.5, 0.6) is 0 Å². The van der Waals surface area contributed by atoms with Gasteiger partial charge in [0.25, 0.3) is 0 Å². The van der Waals surface area contributed by atoms with Crippen LogP contribution in [0.25, 0.3) is 0 Å². The van der Waals surface area contributed by atoms with Gasteiger partial charge >= 0.3 is 12.0 Å². The van der Waals surface area contributed by atoms with E-state index in [1.807, 2.05) is 0 Å². The highest BCUT2D eigenvalue weighted by Crippen LogP contribution is 2.33. The third-order valence-electron chi connectivity index (χ3n) is 3.45. The molecule has 0 fully saturated rings. The zero-order chi connectivity index (χ0) is 15.7. The zero-order valence-electron chi connectivity index (χ0n) is 11.7. The number of carbonyl (C=O) groups excluding carboxylic acids is 2. The summed E-state index contributed by atoms with van der Waals surface area (Å²) >= 11 is 0. The predicted molar refractivity (Wildman–Crippen MR) is 70.1 cm³/mol. The van der Waals surface area contributed by atoms with Gasteiger partial charge in [0.2, 0.25) is 0 Å². The predicted octanol–water partition coefficient (Wildman–Crippen LogP) is 2.11. The summed E-state index contributed by atoms with van der Waals surface area (Å²) in [5.74, 6) is -2.45. The molecule has 7 heteroatoms. The highest BCUT2D eigenvalue weighted by atomic mass is 19.1. The fraction of sp³-hybridized carbons (Fsp3) is 0.286. The second-order valence-corrected chi connectivity index (χ2v) is 4.57. The maximum absolute atomic E-state index is 13.9. The lowest BCUT2D eigenvalue weighted by Crippen LogP contribution is -2.46. The summed E-state index contributed by atoms with van der Waals surface area (Å²) < 4.78 is 32.6. The number of benzene rings is 1. The standard InChI is InChI=1S/C14H14F2N2O3/c1-7-10(13(19)21-3)12(17-14(20)18(7)2)11-8(15)5-4-6-9(11)16/h4-6,12H,1-3H3,(H,17,20)/t12-/m1/s1. The first-order valence-corrected chi connectivity index (χ1v) is 6.15. The molecule has 1 atom stereocenters. The molecule has 1 aromatic carbocycles. The minimum atomic E-state index is -1.23. The lowest BCUT2D eigenvalue weighted by Gasteiger charge is -2.33. The number of esters is 1. The molecule has 1 N–H and O–H groups in total. The number of hydrogen-bond acceptors (Lipinski definition) is 3. The number of carbonyl (C=O) groups is 2. The van der Waals surface area contributed by atoms with Crippen LogP contribution in [-0.4, -0.2) is 31.1 Å². The van der Waals surface area contributed by atoms with Crippen molar-refractivity contribution in [1.29, 1.82) is 0 Å². The molecule has 1 aliphatic rings. The van der Waals surface area contributed by atoms with Crippen LogP contribution in [0.1, 0.15) is 18.5 Å². The molecule has 0 saturated carbocycles. The Kier molecular flexibility index (Phi) is 3.93. The minimum absolute atomic E-state index is 0.0106. The summed E-state index contributed by atoms with van der Waals surface area (Å²) in [4.78, 5) is 25.0. The molecule has 0 aliphatic carbocycles. The van der Waals surface area contributed by atoms with Crippen LogP contribution in [-0.2, 0) is 9.53 Å². The molecule has 0 saturated heterocycles. The number of nitrogens with one attached hydrogen (secondary N) is 1. The van der Waals surface area contributed by atoms with E-state index in [0.717, 1.165) is 19.2 Å². The number of amides is 2. The highest BCUT2D eigenvalue weighted by Gasteiger charge is 2.37. The van der Waals surface area contributed by atoms with Crippen molar-refractivity contribution in [2.75, 3.05) is 14.2 Å². The summed E-state index contributed by atoms with van der Waals surface area (Å²) in [6.45, 7) is 1.51. The molecule has 0 aromatic heterocycles. The first-order chi connectivity index (χ1) is 9.88. The Morgan fingerprint density at radius 1 is 1.33 bits per heavy atom. The molecule has 0 bridgehead atoms. The monoisotopic (exact) mass is 296 g/mol. The fourth-order valence-corrected chi connectivity index (χ4v) is 2.21. The summed E-state index contributed by atoms with van der Waals surface area (Å²) in [6, 6.07) is 1.54.